The Morgan fingerprint density at radius 3 is 2.37 bits per heavy atom. The van der Waals surface area contributed by atoms with Gasteiger partial charge >= 0.3 is 0 Å². The highest BCUT2D eigenvalue weighted by Crippen LogP contribution is 2.31. The second-order valence-corrected chi connectivity index (χ2v) is 9.18. The highest BCUT2D eigenvalue weighted by Gasteiger charge is 2.35. The molecule has 3 rings (SSSR count). The summed E-state index contributed by atoms with van der Waals surface area (Å²) in [4.78, 5) is 51.9. The second kappa shape index (κ2) is 12.2. The number of hydrogen-bond donors (Lipinski definition) is 2. The van der Waals surface area contributed by atoms with Crippen LogP contribution < -0.4 is 15.4 Å². The molecule has 0 radical (unpaired) electrons. The largest absolute Gasteiger partial charge is 0.494 e. The van der Waals surface area contributed by atoms with Crippen LogP contribution in [-0.2, 0) is 9.59 Å². The van der Waals surface area contributed by atoms with Gasteiger partial charge in [0.25, 0.3) is 17.1 Å². The van der Waals surface area contributed by atoms with E-state index in [2.05, 4.69) is 10.6 Å². The molecule has 1 heterocycles. The van der Waals surface area contributed by atoms with Gasteiger partial charge in [0.05, 0.1) is 11.5 Å². The van der Waals surface area contributed by atoms with Crippen molar-refractivity contribution in [3.8, 4) is 5.75 Å². The first-order valence-corrected chi connectivity index (χ1v) is 12.2. The van der Waals surface area contributed by atoms with Gasteiger partial charge in [0.15, 0.2) is 0 Å². The van der Waals surface area contributed by atoms with Crippen molar-refractivity contribution in [2.24, 2.45) is 5.92 Å². The molecule has 2 aromatic carbocycles. The predicted molar refractivity (Wildman–Crippen MR) is 136 cm³/mol. The Morgan fingerprint density at radius 1 is 1.06 bits per heavy atom. The Balaban J connectivity index is 1.54. The van der Waals surface area contributed by atoms with Crippen molar-refractivity contribution in [3.63, 3.8) is 0 Å². The second-order valence-electron chi connectivity index (χ2n) is 8.19. The van der Waals surface area contributed by atoms with Crippen LogP contribution in [0.15, 0.2) is 59.5 Å². The zero-order valence-electron chi connectivity index (χ0n) is 19.9. The summed E-state index contributed by atoms with van der Waals surface area (Å²) in [7, 11) is 0. The number of thioether (sulfide) groups is 1. The van der Waals surface area contributed by atoms with Crippen LogP contribution in [0.3, 0.4) is 0 Å². The summed E-state index contributed by atoms with van der Waals surface area (Å²) in [6.45, 7) is 6.18. The average Bonchev–Trinajstić information content (AvgIpc) is 3.10. The van der Waals surface area contributed by atoms with E-state index in [9.17, 15) is 19.2 Å². The quantitative estimate of drug-likeness (QED) is 0.487. The third-order valence-electron chi connectivity index (χ3n) is 5.27. The summed E-state index contributed by atoms with van der Waals surface area (Å²) in [6.07, 6.45) is 1.68. The van der Waals surface area contributed by atoms with Crippen LogP contribution in [0.5, 0.6) is 5.75 Å². The lowest BCUT2D eigenvalue weighted by Gasteiger charge is -2.22. The summed E-state index contributed by atoms with van der Waals surface area (Å²) in [5.41, 5.74) is 1.24. The number of hydrogen-bond acceptors (Lipinski definition) is 6. The highest BCUT2D eigenvalue weighted by atomic mass is 32.2. The van der Waals surface area contributed by atoms with Gasteiger partial charge in [0, 0.05) is 18.7 Å². The topological polar surface area (TPSA) is 105 Å². The Morgan fingerprint density at radius 2 is 1.74 bits per heavy atom. The van der Waals surface area contributed by atoms with E-state index in [0.717, 1.165) is 22.2 Å². The van der Waals surface area contributed by atoms with Gasteiger partial charge in [-0.1, -0.05) is 44.2 Å². The molecule has 184 valence electrons. The molecule has 1 atom stereocenters. The molecule has 1 fully saturated rings. The number of nitrogens with zero attached hydrogens (tertiary/aromatic N) is 1. The van der Waals surface area contributed by atoms with E-state index in [4.69, 9.17) is 4.74 Å². The fourth-order valence-electron chi connectivity index (χ4n) is 3.42. The molecule has 1 aliphatic heterocycles. The van der Waals surface area contributed by atoms with Crippen molar-refractivity contribution in [3.05, 3.63) is 70.6 Å². The van der Waals surface area contributed by atoms with E-state index in [1.807, 2.05) is 51.1 Å². The number of amides is 4. The molecule has 0 bridgehead atoms. The molecule has 0 saturated carbocycles. The van der Waals surface area contributed by atoms with Gasteiger partial charge in [-0.05, 0) is 60.5 Å². The van der Waals surface area contributed by atoms with E-state index < -0.39 is 6.04 Å². The van der Waals surface area contributed by atoms with Gasteiger partial charge < -0.3 is 15.4 Å². The lowest BCUT2D eigenvalue weighted by Crippen LogP contribution is -2.51. The monoisotopic (exact) mass is 495 g/mol. The molecule has 35 heavy (non-hydrogen) atoms. The van der Waals surface area contributed by atoms with Crippen LogP contribution in [0.2, 0.25) is 0 Å². The smallest absolute Gasteiger partial charge is 0.293 e. The molecule has 0 aromatic heterocycles. The molecular formula is C26H29N3O5S. The molecule has 9 heteroatoms. The van der Waals surface area contributed by atoms with Crippen LogP contribution >= 0.6 is 11.8 Å². The molecular weight excluding hydrogens is 466 g/mol. The number of imide groups is 1. The third-order valence-corrected chi connectivity index (χ3v) is 6.18. The lowest BCUT2D eigenvalue weighted by molar-refractivity contribution is -0.125. The van der Waals surface area contributed by atoms with E-state index in [1.165, 1.54) is 0 Å². The van der Waals surface area contributed by atoms with E-state index in [-0.39, 0.29) is 42.0 Å². The molecule has 1 unspecified atom stereocenters. The molecule has 0 aliphatic carbocycles. The molecule has 8 nitrogen and oxygen atoms in total. The van der Waals surface area contributed by atoms with Crippen LogP contribution in [0, 0.1) is 5.92 Å². The minimum absolute atomic E-state index is 0.0419. The standard InChI is InChI=1S/C26H29N3O5S/c1-4-34-20-12-10-19(11-13-20)23(30)28-22(17(2)3)24(31)27-14-15-29-25(32)21(35-26(29)33)16-18-8-6-5-7-9-18/h5-13,16-17,22H,4,14-15H2,1-3H3,(H,27,31)(H,28,30). The lowest BCUT2D eigenvalue weighted by atomic mass is 10.0. The number of benzene rings is 2. The van der Waals surface area contributed by atoms with Crippen molar-refractivity contribution in [2.45, 2.75) is 26.8 Å². The highest BCUT2D eigenvalue weighted by molar-refractivity contribution is 8.18. The minimum Gasteiger partial charge on any atom is -0.494 e. The van der Waals surface area contributed by atoms with E-state index >= 15 is 0 Å². The maximum Gasteiger partial charge on any atom is 0.293 e. The van der Waals surface area contributed by atoms with Crippen molar-refractivity contribution in [1.82, 2.24) is 15.5 Å². The fourth-order valence-corrected chi connectivity index (χ4v) is 4.29. The Hall–Kier alpha value is -3.59. The fraction of sp³-hybridized carbons (Fsp3) is 0.308. The Labute approximate surface area is 209 Å². The summed E-state index contributed by atoms with van der Waals surface area (Å²) in [5.74, 6) is -0.659. The Kier molecular flexibility index (Phi) is 9.08. The molecule has 1 saturated heterocycles. The first-order chi connectivity index (χ1) is 16.8. The number of carbonyl (C=O) groups excluding carboxylic acids is 4. The van der Waals surface area contributed by atoms with Crippen LogP contribution in [0.4, 0.5) is 4.79 Å². The van der Waals surface area contributed by atoms with Gasteiger partial charge in [-0.25, -0.2) is 0 Å². The predicted octanol–water partition coefficient (Wildman–Crippen LogP) is 3.69. The third kappa shape index (κ3) is 6.95. The number of nitrogens with one attached hydrogen (secondary N) is 2. The summed E-state index contributed by atoms with van der Waals surface area (Å²) >= 11 is 0.877. The van der Waals surface area contributed by atoms with Crippen LogP contribution in [-0.4, -0.2) is 53.6 Å². The zero-order chi connectivity index (χ0) is 25.4. The first-order valence-electron chi connectivity index (χ1n) is 11.4. The van der Waals surface area contributed by atoms with E-state index in [1.54, 1.807) is 30.3 Å². The SMILES string of the molecule is CCOc1ccc(C(=O)NC(C(=O)NCCN2C(=O)SC(=Cc3ccccc3)C2=O)C(C)C)cc1. The van der Waals surface area contributed by atoms with Crippen LogP contribution in [0.1, 0.15) is 36.7 Å². The van der Waals surface area contributed by atoms with Gasteiger partial charge in [0.2, 0.25) is 5.91 Å². The molecule has 1 aliphatic rings. The number of rotatable bonds is 10. The van der Waals surface area contributed by atoms with Crippen molar-refractivity contribution >= 4 is 40.8 Å². The summed E-state index contributed by atoms with van der Waals surface area (Å²) in [5, 5.41) is 5.11. The maximum absolute atomic E-state index is 12.8. The minimum atomic E-state index is -0.776. The molecule has 0 spiro atoms. The zero-order valence-corrected chi connectivity index (χ0v) is 20.8. The number of carbonyl (C=O) groups is 4. The maximum atomic E-state index is 12.8. The Bertz CT molecular complexity index is 1100. The molecule has 2 N–H and O–H groups in total. The van der Waals surface area contributed by atoms with E-state index in [0.29, 0.717) is 22.8 Å². The van der Waals surface area contributed by atoms with Crippen LogP contribution in [0.25, 0.3) is 6.08 Å². The normalized spacial score (nSPS) is 15.4. The van der Waals surface area contributed by atoms with Crippen molar-refractivity contribution in [2.75, 3.05) is 19.7 Å². The van der Waals surface area contributed by atoms with Gasteiger partial charge in [0.1, 0.15) is 11.8 Å². The first kappa shape index (κ1) is 26.0. The molecule has 2 aromatic rings. The summed E-state index contributed by atoms with van der Waals surface area (Å²) < 4.78 is 5.38. The van der Waals surface area contributed by atoms with Gasteiger partial charge in [-0.2, -0.15) is 0 Å². The van der Waals surface area contributed by atoms with Crippen molar-refractivity contribution in [1.29, 1.82) is 0 Å². The molecule has 4 amide bonds. The average molecular weight is 496 g/mol. The van der Waals surface area contributed by atoms with Gasteiger partial charge in [-0.3, -0.25) is 24.1 Å². The van der Waals surface area contributed by atoms with Crippen molar-refractivity contribution < 1.29 is 23.9 Å². The van der Waals surface area contributed by atoms with Gasteiger partial charge in [-0.15, -0.1) is 0 Å². The summed E-state index contributed by atoms with van der Waals surface area (Å²) in [6, 6.07) is 15.2. The number of ether oxygens (including phenoxy) is 1.